The maximum absolute atomic E-state index is 11.8. The van der Waals surface area contributed by atoms with Crippen molar-refractivity contribution in [3.8, 4) is 0 Å². The van der Waals surface area contributed by atoms with Crippen molar-refractivity contribution in [2.24, 2.45) is 5.41 Å². The van der Waals surface area contributed by atoms with Crippen LogP contribution in [0, 0.1) is 5.41 Å². The standard InChI is InChI=1S/C11H22F3N/c1-10(2,3)7-9-15-8-5-4-6-11(12,13)14/h15H,4-9H2,1-3H3. The first-order chi connectivity index (χ1) is 6.71. The van der Waals surface area contributed by atoms with Crippen molar-refractivity contribution in [1.29, 1.82) is 0 Å². The van der Waals surface area contributed by atoms with E-state index in [0.717, 1.165) is 13.0 Å². The van der Waals surface area contributed by atoms with Gasteiger partial charge in [-0.05, 0) is 37.8 Å². The van der Waals surface area contributed by atoms with Crippen LogP contribution in [0.2, 0.25) is 0 Å². The Morgan fingerprint density at radius 3 is 1.93 bits per heavy atom. The average molecular weight is 225 g/mol. The summed E-state index contributed by atoms with van der Waals surface area (Å²) in [5, 5.41) is 3.16. The van der Waals surface area contributed by atoms with Crippen LogP contribution >= 0.6 is 0 Å². The Morgan fingerprint density at radius 2 is 1.47 bits per heavy atom. The molecule has 0 aliphatic carbocycles. The minimum absolute atomic E-state index is 0.228. The SMILES string of the molecule is CC(C)(C)CCNCCCCC(F)(F)F. The number of unbranched alkanes of at least 4 members (excludes halogenated alkanes) is 1. The summed E-state index contributed by atoms with van der Waals surface area (Å²) in [7, 11) is 0. The molecular formula is C11H22F3N. The molecule has 0 rings (SSSR count). The monoisotopic (exact) mass is 225 g/mol. The van der Waals surface area contributed by atoms with Gasteiger partial charge in [0, 0.05) is 6.42 Å². The third-order valence-corrected chi connectivity index (χ3v) is 2.12. The third kappa shape index (κ3) is 13.8. The van der Waals surface area contributed by atoms with E-state index in [1.165, 1.54) is 0 Å². The largest absolute Gasteiger partial charge is 0.389 e. The highest BCUT2D eigenvalue weighted by Crippen LogP contribution is 2.22. The first-order valence-electron chi connectivity index (χ1n) is 5.48. The Bertz CT molecular complexity index is 140. The minimum atomic E-state index is -3.99. The van der Waals surface area contributed by atoms with Gasteiger partial charge in [0.05, 0.1) is 0 Å². The Morgan fingerprint density at radius 1 is 0.867 bits per heavy atom. The molecule has 0 radical (unpaired) electrons. The molecule has 0 aliphatic rings. The molecule has 0 aromatic carbocycles. The fourth-order valence-electron chi connectivity index (χ4n) is 1.16. The van der Waals surface area contributed by atoms with E-state index in [-0.39, 0.29) is 6.42 Å². The van der Waals surface area contributed by atoms with E-state index in [1.807, 2.05) is 0 Å². The summed E-state index contributed by atoms with van der Waals surface area (Å²) in [5.74, 6) is 0. The van der Waals surface area contributed by atoms with Gasteiger partial charge in [-0.3, -0.25) is 0 Å². The van der Waals surface area contributed by atoms with Crippen molar-refractivity contribution in [3.05, 3.63) is 0 Å². The van der Waals surface area contributed by atoms with Crippen molar-refractivity contribution in [2.75, 3.05) is 13.1 Å². The highest BCUT2D eigenvalue weighted by Gasteiger charge is 2.25. The van der Waals surface area contributed by atoms with Crippen LogP contribution in [0.5, 0.6) is 0 Å². The molecule has 0 aromatic rings. The van der Waals surface area contributed by atoms with E-state index in [2.05, 4.69) is 26.1 Å². The van der Waals surface area contributed by atoms with E-state index in [4.69, 9.17) is 0 Å². The summed E-state index contributed by atoms with van der Waals surface area (Å²) < 4.78 is 35.3. The molecule has 0 saturated heterocycles. The zero-order valence-corrected chi connectivity index (χ0v) is 9.88. The van der Waals surface area contributed by atoms with Crippen LogP contribution in [0.25, 0.3) is 0 Å². The van der Waals surface area contributed by atoms with Gasteiger partial charge in [-0.15, -0.1) is 0 Å². The minimum Gasteiger partial charge on any atom is -0.317 e. The van der Waals surface area contributed by atoms with Gasteiger partial charge >= 0.3 is 6.18 Å². The zero-order chi connectivity index (χ0) is 11.9. The lowest BCUT2D eigenvalue weighted by Crippen LogP contribution is -2.21. The molecular weight excluding hydrogens is 203 g/mol. The second kappa shape index (κ2) is 6.36. The summed E-state index contributed by atoms with van der Waals surface area (Å²) in [5.41, 5.74) is 0.291. The van der Waals surface area contributed by atoms with E-state index in [9.17, 15) is 13.2 Å². The van der Waals surface area contributed by atoms with E-state index >= 15 is 0 Å². The molecule has 15 heavy (non-hydrogen) atoms. The molecule has 0 atom stereocenters. The molecule has 0 aromatic heterocycles. The molecule has 1 nitrogen and oxygen atoms in total. The number of halogens is 3. The molecule has 0 bridgehead atoms. The van der Waals surface area contributed by atoms with Gasteiger partial charge in [0.2, 0.25) is 0 Å². The van der Waals surface area contributed by atoms with Gasteiger partial charge in [-0.1, -0.05) is 20.8 Å². The fourth-order valence-corrected chi connectivity index (χ4v) is 1.16. The molecule has 0 spiro atoms. The number of nitrogens with one attached hydrogen (secondary N) is 1. The van der Waals surface area contributed by atoms with Gasteiger partial charge in [0.15, 0.2) is 0 Å². The number of alkyl halides is 3. The molecule has 0 aliphatic heterocycles. The first kappa shape index (κ1) is 14.8. The van der Waals surface area contributed by atoms with Crippen LogP contribution in [-0.2, 0) is 0 Å². The molecule has 0 fully saturated rings. The topological polar surface area (TPSA) is 12.0 Å². The Hall–Kier alpha value is -0.250. The van der Waals surface area contributed by atoms with Crippen molar-refractivity contribution in [1.82, 2.24) is 5.32 Å². The normalized spacial score (nSPS) is 13.2. The molecule has 0 heterocycles. The zero-order valence-electron chi connectivity index (χ0n) is 9.88. The predicted octanol–water partition coefficient (Wildman–Crippen LogP) is 3.74. The molecule has 0 unspecified atom stereocenters. The second-order valence-electron chi connectivity index (χ2n) is 5.13. The van der Waals surface area contributed by atoms with Gasteiger partial charge in [0.25, 0.3) is 0 Å². The lowest BCUT2D eigenvalue weighted by Gasteiger charge is -2.18. The van der Waals surface area contributed by atoms with Gasteiger partial charge in [-0.2, -0.15) is 13.2 Å². The summed E-state index contributed by atoms with van der Waals surface area (Å²) in [6, 6.07) is 0. The van der Waals surface area contributed by atoms with Crippen LogP contribution in [-0.4, -0.2) is 19.3 Å². The Kier molecular flexibility index (Phi) is 6.25. The summed E-state index contributed by atoms with van der Waals surface area (Å²) in [4.78, 5) is 0. The van der Waals surface area contributed by atoms with E-state index in [0.29, 0.717) is 18.4 Å². The maximum atomic E-state index is 11.8. The summed E-state index contributed by atoms with van der Waals surface area (Å²) >= 11 is 0. The van der Waals surface area contributed by atoms with Crippen LogP contribution in [0.3, 0.4) is 0 Å². The van der Waals surface area contributed by atoms with Crippen LogP contribution in [0.1, 0.15) is 46.5 Å². The average Bonchev–Trinajstić information content (AvgIpc) is 1.98. The molecule has 92 valence electrons. The van der Waals surface area contributed by atoms with Crippen molar-refractivity contribution in [3.63, 3.8) is 0 Å². The lowest BCUT2D eigenvalue weighted by atomic mass is 9.92. The number of hydrogen-bond acceptors (Lipinski definition) is 1. The fraction of sp³-hybridized carbons (Fsp3) is 1.00. The highest BCUT2D eigenvalue weighted by atomic mass is 19.4. The highest BCUT2D eigenvalue weighted by molar-refractivity contribution is 4.63. The quantitative estimate of drug-likeness (QED) is 0.679. The summed E-state index contributed by atoms with van der Waals surface area (Å²) in [6.45, 7) is 8.02. The Labute approximate surface area is 90.4 Å². The first-order valence-corrected chi connectivity index (χ1v) is 5.48. The van der Waals surface area contributed by atoms with E-state index in [1.54, 1.807) is 0 Å². The van der Waals surface area contributed by atoms with Crippen molar-refractivity contribution in [2.45, 2.75) is 52.6 Å². The van der Waals surface area contributed by atoms with Crippen molar-refractivity contribution < 1.29 is 13.2 Å². The van der Waals surface area contributed by atoms with Gasteiger partial charge < -0.3 is 5.32 Å². The van der Waals surface area contributed by atoms with Gasteiger partial charge in [-0.25, -0.2) is 0 Å². The van der Waals surface area contributed by atoms with Crippen molar-refractivity contribution >= 4 is 0 Å². The summed E-state index contributed by atoms with van der Waals surface area (Å²) in [6.07, 6.45) is -2.78. The van der Waals surface area contributed by atoms with Crippen LogP contribution in [0.15, 0.2) is 0 Å². The molecule has 0 amide bonds. The second-order valence-corrected chi connectivity index (χ2v) is 5.13. The Balaban J connectivity index is 3.20. The maximum Gasteiger partial charge on any atom is 0.389 e. The lowest BCUT2D eigenvalue weighted by molar-refractivity contribution is -0.135. The van der Waals surface area contributed by atoms with E-state index < -0.39 is 12.6 Å². The van der Waals surface area contributed by atoms with Crippen LogP contribution < -0.4 is 5.32 Å². The predicted molar refractivity (Wildman–Crippen MR) is 56.8 cm³/mol. The third-order valence-electron chi connectivity index (χ3n) is 2.12. The van der Waals surface area contributed by atoms with Crippen LogP contribution in [0.4, 0.5) is 13.2 Å². The smallest absolute Gasteiger partial charge is 0.317 e. The molecule has 1 N–H and O–H groups in total. The number of rotatable bonds is 6. The van der Waals surface area contributed by atoms with Gasteiger partial charge in [0.1, 0.15) is 0 Å². The number of hydrogen-bond donors (Lipinski definition) is 1. The molecule has 0 saturated carbocycles. The molecule has 4 heteroatoms.